The van der Waals surface area contributed by atoms with Gasteiger partial charge in [0.2, 0.25) is 0 Å². The van der Waals surface area contributed by atoms with Gasteiger partial charge in [-0.15, -0.1) is 0 Å². The summed E-state index contributed by atoms with van der Waals surface area (Å²) in [4.78, 5) is 44.3. The van der Waals surface area contributed by atoms with Gasteiger partial charge in [-0.05, 0) is 11.2 Å². The van der Waals surface area contributed by atoms with Gasteiger partial charge < -0.3 is 29.3 Å². The van der Waals surface area contributed by atoms with Crippen molar-refractivity contribution in [3.8, 4) is 0 Å². The standard InChI is InChI=1S/C18H19Cl3F2N2O10P2/c19-18(20,36(21,30)31)37(32,33)34-8-11-13(27)14(28)15(35-11)24-7-6-12(26)25(16(24)29)9-17(22,23)10-4-2-1-3-5-10/h1-7,11,13-15,27-28H,8-9H2,(H,30,31)(H,32,33)/t11-,13?,14+,15-/m1/s1. The molecule has 1 fully saturated rings. The number of benzene rings is 1. The first kappa shape index (κ1) is 30.4. The van der Waals surface area contributed by atoms with Gasteiger partial charge in [-0.1, -0.05) is 53.5 Å². The molecule has 19 heteroatoms. The zero-order valence-electron chi connectivity index (χ0n) is 18.2. The quantitative estimate of drug-likeness (QED) is 0.237. The average Bonchev–Trinajstić information content (AvgIpc) is 3.09. The molecule has 0 amide bonds. The van der Waals surface area contributed by atoms with E-state index in [1.807, 2.05) is 0 Å². The molecule has 1 aliphatic rings. The van der Waals surface area contributed by atoms with Crippen molar-refractivity contribution in [2.75, 3.05) is 6.61 Å². The predicted octanol–water partition coefficient (Wildman–Crippen LogP) is 2.14. The van der Waals surface area contributed by atoms with Crippen LogP contribution in [-0.2, 0) is 30.9 Å². The summed E-state index contributed by atoms with van der Waals surface area (Å²) < 4.78 is 60.6. The van der Waals surface area contributed by atoms with Crippen LogP contribution in [0.3, 0.4) is 0 Å². The molecule has 1 aromatic carbocycles. The Balaban J connectivity index is 1.85. The highest BCUT2D eigenvalue weighted by Gasteiger charge is 2.60. The number of nitrogens with zero attached hydrogens (tertiary/aromatic N) is 2. The summed E-state index contributed by atoms with van der Waals surface area (Å²) in [6, 6.07) is 7.15. The van der Waals surface area contributed by atoms with Crippen LogP contribution in [0.25, 0.3) is 0 Å². The van der Waals surface area contributed by atoms with Crippen LogP contribution in [0.5, 0.6) is 0 Å². The zero-order valence-corrected chi connectivity index (χ0v) is 22.2. The van der Waals surface area contributed by atoms with Gasteiger partial charge in [0.05, 0.1) is 13.2 Å². The summed E-state index contributed by atoms with van der Waals surface area (Å²) in [7, 11) is -5.37. The maximum absolute atomic E-state index is 14.7. The van der Waals surface area contributed by atoms with Crippen molar-refractivity contribution < 1.29 is 47.2 Å². The number of hydrogen-bond donors (Lipinski definition) is 4. The molecule has 206 valence electrons. The van der Waals surface area contributed by atoms with Gasteiger partial charge in [0.25, 0.3) is 11.5 Å². The number of rotatable bonds is 9. The van der Waals surface area contributed by atoms with Crippen LogP contribution < -0.4 is 11.2 Å². The highest BCUT2D eigenvalue weighted by atomic mass is 35.7. The second kappa shape index (κ2) is 10.8. The van der Waals surface area contributed by atoms with Crippen LogP contribution in [0.4, 0.5) is 8.78 Å². The molecule has 6 atom stereocenters. The molecule has 4 N–H and O–H groups in total. The Morgan fingerprint density at radius 2 is 1.65 bits per heavy atom. The predicted molar refractivity (Wildman–Crippen MR) is 127 cm³/mol. The first-order valence-corrected chi connectivity index (χ1v) is 15.0. The molecule has 0 spiro atoms. The minimum Gasteiger partial charge on any atom is -0.387 e. The van der Waals surface area contributed by atoms with Gasteiger partial charge in [0, 0.05) is 17.8 Å². The lowest BCUT2D eigenvalue weighted by Gasteiger charge is -2.26. The highest BCUT2D eigenvalue weighted by molar-refractivity contribution is 7.96. The van der Waals surface area contributed by atoms with E-state index in [4.69, 9.17) is 39.2 Å². The second-order valence-corrected chi connectivity index (χ2v) is 15.6. The van der Waals surface area contributed by atoms with Crippen molar-refractivity contribution in [1.82, 2.24) is 9.13 Å². The second-order valence-electron chi connectivity index (χ2n) is 7.87. The third kappa shape index (κ3) is 6.05. The molecule has 3 unspecified atom stereocenters. The topological polar surface area (TPSA) is 178 Å². The molecule has 0 radical (unpaired) electrons. The van der Waals surface area contributed by atoms with Crippen LogP contribution in [0.2, 0.25) is 0 Å². The number of halogens is 5. The fourth-order valence-electron chi connectivity index (χ4n) is 3.35. The fourth-order valence-corrected chi connectivity index (χ4v) is 6.42. The molecule has 1 saturated heterocycles. The van der Waals surface area contributed by atoms with Gasteiger partial charge in [-0.25, -0.2) is 4.79 Å². The van der Waals surface area contributed by atoms with E-state index in [0.29, 0.717) is 4.57 Å². The third-order valence-corrected chi connectivity index (χ3v) is 13.0. The van der Waals surface area contributed by atoms with Crippen molar-refractivity contribution in [1.29, 1.82) is 0 Å². The molecule has 3 rings (SSSR count). The fraction of sp³-hybridized carbons (Fsp3) is 0.444. The number of aliphatic hydroxyl groups excluding tert-OH is 2. The zero-order chi connectivity index (χ0) is 28.0. The maximum Gasteiger partial charge on any atom is 0.375 e. The van der Waals surface area contributed by atoms with Gasteiger partial charge in [0.1, 0.15) is 18.3 Å². The molecular weight excluding hydrogens is 611 g/mol. The minimum atomic E-state index is -5.37. The summed E-state index contributed by atoms with van der Waals surface area (Å²) in [5.41, 5.74) is -2.87. The first-order valence-electron chi connectivity index (χ1n) is 10.1. The average molecular weight is 630 g/mol. The highest BCUT2D eigenvalue weighted by Crippen LogP contribution is 2.79. The van der Waals surface area contributed by atoms with E-state index in [9.17, 15) is 47.5 Å². The summed E-state index contributed by atoms with van der Waals surface area (Å²) in [6.45, 7) is -7.53. The molecule has 1 aromatic heterocycles. The molecule has 2 heterocycles. The van der Waals surface area contributed by atoms with E-state index >= 15 is 0 Å². The van der Waals surface area contributed by atoms with Crippen molar-refractivity contribution >= 4 is 48.8 Å². The third-order valence-electron chi connectivity index (χ3n) is 5.35. The van der Waals surface area contributed by atoms with Crippen molar-refractivity contribution in [3.05, 3.63) is 69.0 Å². The van der Waals surface area contributed by atoms with Gasteiger partial charge in [0.15, 0.2) is 6.23 Å². The Morgan fingerprint density at radius 1 is 1.05 bits per heavy atom. The lowest BCUT2D eigenvalue weighted by molar-refractivity contribution is -0.0555. The van der Waals surface area contributed by atoms with Crippen LogP contribution in [0.15, 0.2) is 52.2 Å². The van der Waals surface area contributed by atoms with Crippen molar-refractivity contribution in [2.45, 2.75) is 40.8 Å². The Kier molecular flexibility index (Phi) is 8.86. The van der Waals surface area contributed by atoms with E-state index in [1.165, 1.54) is 18.2 Å². The minimum absolute atomic E-state index is 0.204. The normalized spacial score (nSPS) is 26.0. The van der Waals surface area contributed by atoms with E-state index < -0.39 is 78.6 Å². The molecule has 12 nitrogen and oxygen atoms in total. The monoisotopic (exact) mass is 628 g/mol. The Labute approximate surface area is 221 Å². The molecule has 1 aliphatic heterocycles. The molecule has 0 aliphatic carbocycles. The van der Waals surface area contributed by atoms with E-state index in [2.05, 4.69) is 4.52 Å². The number of hydrogen-bond acceptors (Lipinski definition) is 8. The van der Waals surface area contributed by atoms with Crippen molar-refractivity contribution in [3.63, 3.8) is 0 Å². The smallest absolute Gasteiger partial charge is 0.375 e. The molecular formula is C18H19Cl3F2N2O10P2. The Hall–Kier alpha value is -1.15. The van der Waals surface area contributed by atoms with Crippen LogP contribution in [-0.4, -0.2) is 57.9 Å². The Bertz CT molecular complexity index is 1350. The summed E-state index contributed by atoms with van der Waals surface area (Å²) in [5.74, 6) is -3.64. The summed E-state index contributed by atoms with van der Waals surface area (Å²) >= 11 is 15.9. The molecule has 37 heavy (non-hydrogen) atoms. The number of aromatic nitrogens is 2. The van der Waals surface area contributed by atoms with Gasteiger partial charge in [-0.3, -0.25) is 23.1 Å². The summed E-state index contributed by atoms with van der Waals surface area (Å²) in [5, 5.41) is 20.7. The molecule has 0 saturated carbocycles. The Morgan fingerprint density at radius 3 is 2.22 bits per heavy atom. The SMILES string of the molecule is O=c1ccn([C@@H]2O[C@H](COP(=O)(O)C(Cl)(Cl)P(=O)(O)Cl)C(O)[C@@H]2O)c(=O)n1CC(F)(F)c1ccccc1. The van der Waals surface area contributed by atoms with E-state index in [-0.39, 0.29) is 4.57 Å². The van der Waals surface area contributed by atoms with Gasteiger partial charge >= 0.3 is 23.8 Å². The van der Waals surface area contributed by atoms with Crippen LogP contribution >= 0.6 is 48.8 Å². The number of ether oxygens (including phenoxy) is 1. The van der Waals surface area contributed by atoms with Crippen LogP contribution in [0.1, 0.15) is 11.8 Å². The molecule has 0 bridgehead atoms. The lowest BCUT2D eigenvalue weighted by atomic mass is 10.1. The largest absolute Gasteiger partial charge is 0.387 e. The molecule has 2 aromatic rings. The first-order chi connectivity index (χ1) is 16.9. The number of aliphatic hydroxyl groups is 2. The van der Waals surface area contributed by atoms with E-state index in [0.717, 1.165) is 24.4 Å². The number of alkyl halides is 4. The van der Waals surface area contributed by atoms with Crippen LogP contribution in [0, 0.1) is 0 Å². The lowest BCUT2D eigenvalue weighted by Crippen LogP contribution is -2.45. The van der Waals surface area contributed by atoms with E-state index in [1.54, 1.807) is 0 Å². The van der Waals surface area contributed by atoms with Gasteiger partial charge in [-0.2, -0.15) is 8.78 Å². The summed E-state index contributed by atoms with van der Waals surface area (Å²) in [6.07, 6.45) is -6.39. The maximum atomic E-state index is 14.7. The van der Waals surface area contributed by atoms with Crippen molar-refractivity contribution in [2.24, 2.45) is 0 Å².